The molecule has 1 atom stereocenters. The lowest BCUT2D eigenvalue weighted by Crippen LogP contribution is -2.49. The van der Waals surface area contributed by atoms with Crippen molar-refractivity contribution in [1.29, 1.82) is 0 Å². The number of amides is 1. The normalized spacial score (nSPS) is 21.2. The minimum Gasteiger partial charge on any atom is -0.365 e. The number of ether oxygens (including phenoxy) is 1. The topological polar surface area (TPSA) is 55.6 Å². The number of rotatable bonds is 2. The van der Waals surface area contributed by atoms with Crippen molar-refractivity contribution >= 4 is 11.6 Å². The Morgan fingerprint density at radius 3 is 2.94 bits per heavy atom. The van der Waals surface area contributed by atoms with Crippen LogP contribution < -0.4 is 10.6 Å². The molecular weight excluding hydrogens is 204 g/mol. The van der Waals surface area contributed by atoms with E-state index in [0.717, 1.165) is 11.3 Å². The smallest absolute Gasteiger partial charge is 0.253 e. The third kappa shape index (κ3) is 2.08. The van der Waals surface area contributed by atoms with Gasteiger partial charge >= 0.3 is 0 Å². The highest BCUT2D eigenvalue weighted by Gasteiger charge is 2.27. The fraction of sp³-hybridized carbons (Fsp3) is 0.417. The predicted octanol–water partition coefficient (Wildman–Crippen LogP) is 0.686. The Morgan fingerprint density at radius 1 is 1.50 bits per heavy atom. The molecular formula is C12H16N2O2. The fourth-order valence-corrected chi connectivity index (χ4v) is 1.87. The molecule has 0 aliphatic carbocycles. The van der Waals surface area contributed by atoms with E-state index in [4.69, 9.17) is 10.5 Å². The molecule has 1 heterocycles. The number of carbonyl (C=O) groups is 1. The van der Waals surface area contributed by atoms with Crippen LogP contribution in [0.25, 0.3) is 0 Å². The molecule has 1 aliphatic rings. The minimum absolute atomic E-state index is 0.000926. The number of carbonyl (C=O) groups excluding carboxylic acids is 1. The van der Waals surface area contributed by atoms with Gasteiger partial charge in [0.05, 0.1) is 12.6 Å². The summed E-state index contributed by atoms with van der Waals surface area (Å²) in [5, 5.41) is 0. The lowest BCUT2D eigenvalue weighted by Gasteiger charge is -2.33. The number of anilines is 1. The minimum atomic E-state index is -0.0580. The van der Waals surface area contributed by atoms with Crippen molar-refractivity contribution in [2.45, 2.75) is 13.0 Å². The second-order valence-corrected chi connectivity index (χ2v) is 3.96. The second kappa shape index (κ2) is 4.63. The third-order valence-corrected chi connectivity index (χ3v) is 2.80. The van der Waals surface area contributed by atoms with Gasteiger partial charge < -0.3 is 15.4 Å². The fourth-order valence-electron chi connectivity index (χ4n) is 1.87. The van der Waals surface area contributed by atoms with Gasteiger partial charge in [0, 0.05) is 12.2 Å². The molecule has 4 nitrogen and oxygen atoms in total. The van der Waals surface area contributed by atoms with E-state index in [1.165, 1.54) is 0 Å². The molecule has 1 saturated heterocycles. The maximum atomic E-state index is 11.8. The van der Waals surface area contributed by atoms with Gasteiger partial charge in [-0.15, -0.1) is 0 Å². The van der Waals surface area contributed by atoms with E-state index in [0.29, 0.717) is 13.1 Å². The van der Waals surface area contributed by atoms with Gasteiger partial charge in [-0.05, 0) is 18.6 Å². The number of para-hydroxylation sites is 1. The zero-order valence-electron chi connectivity index (χ0n) is 9.35. The molecule has 0 spiro atoms. The average molecular weight is 220 g/mol. The zero-order valence-corrected chi connectivity index (χ0v) is 9.35. The maximum absolute atomic E-state index is 11.8. The molecule has 0 saturated carbocycles. The molecule has 0 aromatic heterocycles. The molecule has 1 aromatic carbocycles. The molecule has 2 N–H and O–H groups in total. The van der Waals surface area contributed by atoms with E-state index in [9.17, 15) is 4.79 Å². The summed E-state index contributed by atoms with van der Waals surface area (Å²) in [6, 6.07) is 7.84. The van der Waals surface area contributed by atoms with E-state index in [-0.39, 0.29) is 18.6 Å². The van der Waals surface area contributed by atoms with E-state index < -0.39 is 0 Å². The number of hydrogen-bond donors (Lipinski definition) is 1. The number of aryl methyl sites for hydroxylation is 1. The number of nitrogens with two attached hydrogens (primary N) is 1. The van der Waals surface area contributed by atoms with Crippen LogP contribution in [0.15, 0.2) is 24.3 Å². The standard InChI is InChI=1S/C12H16N2O2/c1-9-4-2-3-5-11(9)14-7-10(6-13)16-8-12(14)15/h2-5,10H,6-8,13H2,1H3. The maximum Gasteiger partial charge on any atom is 0.253 e. The third-order valence-electron chi connectivity index (χ3n) is 2.80. The summed E-state index contributed by atoms with van der Waals surface area (Å²) >= 11 is 0. The van der Waals surface area contributed by atoms with Crippen molar-refractivity contribution in [1.82, 2.24) is 0 Å². The molecule has 1 unspecified atom stereocenters. The van der Waals surface area contributed by atoms with Gasteiger partial charge in [-0.3, -0.25) is 4.79 Å². The van der Waals surface area contributed by atoms with Crippen LogP contribution in [0.5, 0.6) is 0 Å². The van der Waals surface area contributed by atoms with Crippen LogP contribution in [0, 0.1) is 6.92 Å². The first kappa shape index (κ1) is 11.1. The van der Waals surface area contributed by atoms with Gasteiger partial charge in [0.15, 0.2) is 0 Å². The van der Waals surface area contributed by atoms with Crippen LogP contribution in [0.3, 0.4) is 0 Å². The molecule has 16 heavy (non-hydrogen) atoms. The summed E-state index contributed by atoms with van der Waals surface area (Å²) in [5.41, 5.74) is 7.61. The zero-order chi connectivity index (χ0) is 11.5. The van der Waals surface area contributed by atoms with Crippen molar-refractivity contribution in [3.8, 4) is 0 Å². The molecule has 86 valence electrons. The van der Waals surface area contributed by atoms with E-state index in [1.54, 1.807) is 4.90 Å². The first-order chi connectivity index (χ1) is 7.72. The van der Waals surface area contributed by atoms with E-state index in [2.05, 4.69) is 0 Å². The summed E-state index contributed by atoms with van der Waals surface area (Å²) < 4.78 is 5.31. The van der Waals surface area contributed by atoms with Crippen molar-refractivity contribution in [3.63, 3.8) is 0 Å². The first-order valence-electron chi connectivity index (χ1n) is 5.40. The van der Waals surface area contributed by atoms with Crippen LogP contribution in [0.4, 0.5) is 5.69 Å². The van der Waals surface area contributed by atoms with Gasteiger partial charge in [-0.2, -0.15) is 0 Å². The quantitative estimate of drug-likeness (QED) is 0.797. The number of hydrogen-bond acceptors (Lipinski definition) is 3. The van der Waals surface area contributed by atoms with Crippen molar-refractivity contribution in [2.24, 2.45) is 5.73 Å². The second-order valence-electron chi connectivity index (χ2n) is 3.96. The highest BCUT2D eigenvalue weighted by Crippen LogP contribution is 2.22. The van der Waals surface area contributed by atoms with Gasteiger partial charge in [0.2, 0.25) is 0 Å². The number of benzene rings is 1. The molecule has 1 fully saturated rings. The Labute approximate surface area is 95.0 Å². The Kier molecular flexibility index (Phi) is 3.22. The van der Waals surface area contributed by atoms with Crippen LogP contribution in [0.2, 0.25) is 0 Å². The van der Waals surface area contributed by atoms with Crippen molar-refractivity contribution < 1.29 is 9.53 Å². The summed E-state index contributed by atoms with van der Waals surface area (Å²) in [4.78, 5) is 13.5. The Morgan fingerprint density at radius 2 is 2.25 bits per heavy atom. The molecule has 0 bridgehead atoms. The highest BCUT2D eigenvalue weighted by molar-refractivity contribution is 5.95. The largest absolute Gasteiger partial charge is 0.365 e. The lowest BCUT2D eigenvalue weighted by atomic mass is 10.1. The van der Waals surface area contributed by atoms with E-state index in [1.807, 2.05) is 31.2 Å². The van der Waals surface area contributed by atoms with Gasteiger partial charge in [0.25, 0.3) is 5.91 Å². The Bertz CT molecular complexity index is 392. The summed E-state index contributed by atoms with van der Waals surface area (Å²) in [6.45, 7) is 3.10. The Hall–Kier alpha value is -1.39. The van der Waals surface area contributed by atoms with Crippen LogP contribution >= 0.6 is 0 Å². The number of morpholine rings is 1. The monoisotopic (exact) mass is 220 g/mol. The van der Waals surface area contributed by atoms with Crippen molar-refractivity contribution in [3.05, 3.63) is 29.8 Å². The number of nitrogens with zero attached hydrogens (tertiary/aromatic N) is 1. The van der Waals surface area contributed by atoms with Gasteiger partial charge in [-0.1, -0.05) is 18.2 Å². The average Bonchev–Trinajstić information content (AvgIpc) is 2.31. The highest BCUT2D eigenvalue weighted by atomic mass is 16.5. The molecule has 4 heteroatoms. The summed E-state index contributed by atoms with van der Waals surface area (Å²) in [5.74, 6) is -0.000926. The van der Waals surface area contributed by atoms with E-state index >= 15 is 0 Å². The first-order valence-corrected chi connectivity index (χ1v) is 5.40. The predicted molar refractivity (Wildman–Crippen MR) is 62.3 cm³/mol. The van der Waals surface area contributed by atoms with Crippen molar-refractivity contribution in [2.75, 3.05) is 24.6 Å². The summed E-state index contributed by atoms with van der Waals surface area (Å²) in [6.07, 6.45) is -0.0580. The molecule has 2 rings (SSSR count). The molecule has 0 radical (unpaired) electrons. The molecule has 1 aliphatic heterocycles. The Balaban J connectivity index is 2.25. The van der Waals surface area contributed by atoms with Gasteiger partial charge in [-0.25, -0.2) is 0 Å². The molecule has 1 amide bonds. The van der Waals surface area contributed by atoms with Crippen LogP contribution in [0.1, 0.15) is 5.56 Å². The summed E-state index contributed by atoms with van der Waals surface area (Å²) in [7, 11) is 0. The van der Waals surface area contributed by atoms with Crippen LogP contribution in [-0.2, 0) is 9.53 Å². The van der Waals surface area contributed by atoms with Crippen LogP contribution in [-0.4, -0.2) is 31.7 Å². The molecule has 1 aromatic rings. The lowest BCUT2D eigenvalue weighted by molar-refractivity contribution is -0.128. The van der Waals surface area contributed by atoms with Gasteiger partial charge in [0.1, 0.15) is 6.61 Å². The SMILES string of the molecule is Cc1ccccc1N1CC(CN)OCC1=O.